The van der Waals surface area contributed by atoms with Crippen molar-refractivity contribution in [1.29, 1.82) is 0 Å². The molecule has 40 valence electrons. The van der Waals surface area contributed by atoms with Gasteiger partial charge in [-0.05, 0) is 9.76 Å². The lowest BCUT2D eigenvalue weighted by Crippen LogP contribution is -1.91. The smallest absolute Gasteiger partial charge is 0.00725 e. The molecule has 0 spiro atoms. The molecule has 0 atom stereocenters. The lowest BCUT2D eigenvalue weighted by molar-refractivity contribution is 0.824. The molecule has 0 fully saturated rings. The molecule has 0 saturated carbocycles. The molecule has 0 aromatic rings. The average molecular weight is 122 g/mol. The average Bonchev–Trinajstić information content (AvgIpc) is 1.38. The summed E-state index contributed by atoms with van der Waals surface area (Å²) >= 11 is 0. The van der Waals surface area contributed by atoms with Crippen LogP contribution in [0.5, 0.6) is 0 Å². The van der Waals surface area contributed by atoms with Gasteiger partial charge in [0.1, 0.15) is 0 Å². The van der Waals surface area contributed by atoms with E-state index in [4.69, 9.17) is 0 Å². The maximum Gasteiger partial charge on any atom is 0.00725 e. The fraction of sp³-hybridized carbons (Fsp3) is 1.00. The molecule has 0 unspecified atom stereocenters. The molecule has 0 saturated heterocycles. The van der Waals surface area contributed by atoms with Crippen LogP contribution in [0.15, 0.2) is 0 Å². The normalized spacial score (nSPS) is 10.5. The summed E-state index contributed by atoms with van der Waals surface area (Å²) in [6.07, 6.45) is 0. The van der Waals surface area contributed by atoms with Crippen LogP contribution in [0.1, 0.15) is 13.8 Å². The first-order valence-corrected chi connectivity index (χ1v) is 8.74. The van der Waals surface area contributed by atoms with Gasteiger partial charge in [0.05, 0.1) is 0 Å². The maximum atomic E-state index is 2.32. The highest BCUT2D eigenvalue weighted by molar-refractivity contribution is 6.90. The highest BCUT2D eigenvalue weighted by Crippen LogP contribution is 1.90. The Hall–Kier alpha value is 0.394. The van der Waals surface area contributed by atoms with E-state index < -0.39 is 0 Å². The summed E-state index contributed by atoms with van der Waals surface area (Å²) in [5.41, 5.74) is 1.08. The van der Waals surface area contributed by atoms with Gasteiger partial charge in [0.25, 0.3) is 0 Å². The molecule has 0 aliphatic rings. The summed E-state index contributed by atoms with van der Waals surface area (Å²) in [5, 5.41) is 0. The van der Waals surface area contributed by atoms with Gasteiger partial charge in [-0.1, -0.05) is 19.4 Å². The second kappa shape index (κ2) is 5.39. The van der Waals surface area contributed by atoms with Gasteiger partial charge in [0.15, 0.2) is 0 Å². The van der Waals surface area contributed by atoms with Crippen molar-refractivity contribution in [3.8, 4) is 0 Å². The van der Waals surface area contributed by atoms with Crippen LogP contribution < -0.4 is 0 Å². The molecule has 0 aromatic carbocycles. The van der Waals surface area contributed by atoms with E-state index in [-0.39, 0.29) is 5.48 Å². The van der Waals surface area contributed by atoms with Gasteiger partial charge in [-0.3, -0.25) is 0 Å². The van der Waals surface area contributed by atoms with Crippen molar-refractivity contribution in [2.45, 2.75) is 19.4 Å². The SMILES string of the molecule is CC(C)[SiH2][SiH3].O. The monoisotopic (exact) mass is 122 g/mol. The fourth-order valence-electron chi connectivity index (χ4n) is 0. The van der Waals surface area contributed by atoms with E-state index >= 15 is 0 Å². The quantitative estimate of drug-likeness (QED) is 0.377. The Morgan fingerprint density at radius 1 is 1.50 bits per heavy atom. The maximum absolute atomic E-state index is 2.32. The minimum absolute atomic E-state index is 0. The fourth-order valence-corrected chi connectivity index (χ4v) is 0. The molecule has 0 bridgehead atoms. The van der Waals surface area contributed by atoms with E-state index in [1.807, 2.05) is 0 Å². The molecule has 0 aliphatic carbocycles. The summed E-state index contributed by atoms with van der Waals surface area (Å²) < 4.78 is 0. The van der Waals surface area contributed by atoms with E-state index in [2.05, 4.69) is 13.8 Å². The first-order valence-electron chi connectivity index (χ1n) is 2.27. The standard InChI is InChI=1S/C3H12Si2.H2O/c1-3(2)5-4;/h3H,5H2,1-2,4H3;1H2. The van der Waals surface area contributed by atoms with Crippen molar-refractivity contribution in [2.24, 2.45) is 0 Å². The summed E-state index contributed by atoms with van der Waals surface area (Å²) in [6.45, 7) is 4.64. The van der Waals surface area contributed by atoms with Crippen LogP contribution in [0.2, 0.25) is 5.54 Å². The van der Waals surface area contributed by atoms with Gasteiger partial charge in [-0.2, -0.15) is 0 Å². The van der Waals surface area contributed by atoms with E-state index in [9.17, 15) is 0 Å². The van der Waals surface area contributed by atoms with Crippen LogP contribution >= 0.6 is 0 Å². The number of rotatable bonds is 1. The summed E-state index contributed by atoms with van der Waals surface area (Å²) in [7, 11) is 2.00. The molecule has 1 nitrogen and oxygen atoms in total. The van der Waals surface area contributed by atoms with Gasteiger partial charge >= 0.3 is 0 Å². The molecular weight excluding hydrogens is 108 g/mol. The van der Waals surface area contributed by atoms with Crippen LogP contribution in [0, 0.1) is 0 Å². The Labute approximate surface area is 44.5 Å². The molecular formula is C3H14OSi2. The van der Waals surface area contributed by atoms with Crippen LogP contribution in [0.4, 0.5) is 0 Å². The Morgan fingerprint density at radius 2 is 1.67 bits per heavy atom. The van der Waals surface area contributed by atoms with Crippen molar-refractivity contribution >= 4 is 18.8 Å². The third-order valence-electron chi connectivity index (χ3n) is 0.816. The van der Waals surface area contributed by atoms with Gasteiger partial charge in [-0.25, -0.2) is 0 Å². The lowest BCUT2D eigenvalue weighted by Gasteiger charge is -1.89. The number of hydrogen-bond donors (Lipinski definition) is 0. The van der Waals surface area contributed by atoms with Crippen LogP contribution in [-0.4, -0.2) is 24.3 Å². The van der Waals surface area contributed by atoms with E-state index in [1.165, 1.54) is 9.76 Å². The van der Waals surface area contributed by atoms with Crippen LogP contribution in [0.25, 0.3) is 0 Å². The predicted molar refractivity (Wildman–Crippen MR) is 37.2 cm³/mol. The number of hydrogen-bond acceptors (Lipinski definition) is 0. The van der Waals surface area contributed by atoms with Gasteiger partial charge in [0.2, 0.25) is 0 Å². The Balaban J connectivity index is 0. The molecule has 0 amide bonds. The molecule has 0 rings (SSSR count). The highest BCUT2D eigenvalue weighted by Gasteiger charge is 1.81. The zero-order valence-electron chi connectivity index (χ0n) is 4.78. The van der Waals surface area contributed by atoms with Crippen molar-refractivity contribution in [2.75, 3.05) is 0 Å². The van der Waals surface area contributed by atoms with Gasteiger partial charge in [0, 0.05) is 9.04 Å². The van der Waals surface area contributed by atoms with Crippen molar-refractivity contribution in [1.82, 2.24) is 0 Å². The van der Waals surface area contributed by atoms with E-state index in [0.717, 1.165) is 5.54 Å². The third kappa shape index (κ3) is 8.83. The summed E-state index contributed by atoms with van der Waals surface area (Å²) in [5.74, 6) is 0. The van der Waals surface area contributed by atoms with Gasteiger partial charge in [-0.15, -0.1) is 0 Å². The van der Waals surface area contributed by atoms with E-state index in [1.54, 1.807) is 0 Å². The minimum Gasteiger partial charge on any atom is -0.412 e. The molecule has 0 heterocycles. The van der Waals surface area contributed by atoms with E-state index in [0.29, 0.717) is 9.04 Å². The van der Waals surface area contributed by atoms with Gasteiger partial charge < -0.3 is 5.48 Å². The molecule has 6 heavy (non-hydrogen) atoms. The lowest BCUT2D eigenvalue weighted by atomic mass is 10.6. The molecule has 0 aromatic heterocycles. The van der Waals surface area contributed by atoms with Crippen molar-refractivity contribution in [3.05, 3.63) is 0 Å². The Morgan fingerprint density at radius 3 is 1.67 bits per heavy atom. The first-order chi connectivity index (χ1) is 2.27. The van der Waals surface area contributed by atoms with Crippen molar-refractivity contribution < 1.29 is 5.48 Å². The second-order valence-corrected chi connectivity index (χ2v) is 6.70. The minimum atomic E-state index is 0. The topological polar surface area (TPSA) is 31.5 Å². The highest BCUT2D eigenvalue weighted by atomic mass is 29.1. The summed E-state index contributed by atoms with van der Waals surface area (Å²) in [6, 6.07) is 0. The molecule has 2 N–H and O–H groups in total. The summed E-state index contributed by atoms with van der Waals surface area (Å²) in [4.78, 5) is 0. The Kier molecular flexibility index (Phi) is 8.66. The predicted octanol–water partition coefficient (Wildman–Crippen LogP) is -1.56. The zero-order valence-corrected chi connectivity index (χ0v) is 8.20. The molecule has 0 radical (unpaired) electrons. The second-order valence-electron chi connectivity index (χ2n) is 1.80. The van der Waals surface area contributed by atoms with Crippen LogP contribution in [0.3, 0.4) is 0 Å². The third-order valence-corrected chi connectivity index (χ3v) is 7.35. The first kappa shape index (κ1) is 9.64. The largest absolute Gasteiger partial charge is 0.412 e. The zero-order chi connectivity index (χ0) is 4.28. The Bertz CT molecular complexity index is 22.8. The van der Waals surface area contributed by atoms with Crippen LogP contribution in [-0.2, 0) is 0 Å². The van der Waals surface area contributed by atoms with Crippen molar-refractivity contribution in [3.63, 3.8) is 0 Å². The molecule has 0 aliphatic heterocycles. The molecule has 3 heteroatoms.